The van der Waals surface area contributed by atoms with Gasteiger partial charge in [0.25, 0.3) is 0 Å². The first-order valence-electron chi connectivity index (χ1n) is 7.24. The van der Waals surface area contributed by atoms with Crippen molar-refractivity contribution < 1.29 is 8.81 Å². The van der Waals surface area contributed by atoms with Crippen molar-refractivity contribution in [3.63, 3.8) is 0 Å². The van der Waals surface area contributed by atoms with Gasteiger partial charge in [0.1, 0.15) is 5.82 Å². The number of hydrogen-bond acceptors (Lipinski definition) is 4. The van der Waals surface area contributed by atoms with Crippen LogP contribution in [0.1, 0.15) is 12.8 Å². The quantitative estimate of drug-likeness (QED) is 0.649. The Hall–Kier alpha value is -2.21. The predicted molar refractivity (Wildman–Crippen MR) is 90.6 cm³/mol. The largest absolute Gasteiger partial charge is 0.419 e. The summed E-state index contributed by atoms with van der Waals surface area (Å²) in [5.41, 5.74) is 1.79. The Balaban J connectivity index is 1.77. The minimum atomic E-state index is -0.250. The van der Waals surface area contributed by atoms with E-state index in [4.69, 9.17) is 4.42 Å². The average molecular weight is 376 g/mol. The van der Waals surface area contributed by atoms with Gasteiger partial charge in [0.05, 0.1) is 6.54 Å². The third-order valence-corrected chi connectivity index (χ3v) is 3.99. The van der Waals surface area contributed by atoms with Crippen LogP contribution in [0, 0.1) is 5.82 Å². The number of halogens is 2. The molecule has 118 valence electrons. The molecule has 0 unspecified atom stereocenters. The number of nitrogens with zero attached hydrogens (tertiary/aromatic N) is 3. The molecular formula is C17H15BrFN3O. The average Bonchev–Trinajstić information content (AvgIpc) is 3.03. The predicted octanol–water partition coefficient (Wildman–Crippen LogP) is 4.66. The lowest BCUT2D eigenvalue weighted by atomic mass is 10.2. The van der Waals surface area contributed by atoms with Crippen LogP contribution in [-0.4, -0.2) is 16.7 Å². The van der Waals surface area contributed by atoms with Crippen LogP contribution in [0.5, 0.6) is 0 Å². The fourth-order valence-corrected chi connectivity index (χ4v) is 2.49. The van der Waals surface area contributed by atoms with Crippen LogP contribution in [0.2, 0.25) is 0 Å². The smallest absolute Gasteiger partial charge is 0.247 e. The van der Waals surface area contributed by atoms with Crippen molar-refractivity contribution in [3.8, 4) is 11.5 Å². The Labute approximate surface area is 142 Å². The zero-order valence-electron chi connectivity index (χ0n) is 12.5. The monoisotopic (exact) mass is 375 g/mol. The molecule has 0 N–H and O–H groups in total. The topological polar surface area (TPSA) is 42.2 Å². The van der Waals surface area contributed by atoms with Gasteiger partial charge in [-0.15, -0.1) is 10.2 Å². The molecule has 0 aliphatic carbocycles. The molecule has 3 rings (SSSR count). The molecule has 1 aromatic heterocycles. The Bertz CT molecular complexity index is 771. The molecule has 0 saturated heterocycles. The maximum atomic E-state index is 13.0. The van der Waals surface area contributed by atoms with E-state index >= 15 is 0 Å². The van der Waals surface area contributed by atoms with Gasteiger partial charge in [0.2, 0.25) is 11.8 Å². The number of hydrogen-bond donors (Lipinski definition) is 0. The molecule has 23 heavy (non-hydrogen) atoms. The van der Waals surface area contributed by atoms with Crippen LogP contribution in [0.15, 0.2) is 57.4 Å². The molecule has 0 aliphatic heterocycles. The number of aromatic nitrogens is 2. The Morgan fingerprint density at radius 1 is 1.04 bits per heavy atom. The van der Waals surface area contributed by atoms with E-state index in [1.54, 1.807) is 12.1 Å². The van der Waals surface area contributed by atoms with Crippen molar-refractivity contribution in [2.24, 2.45) is 0 Å². The summed E-state index contributed by atoms with van der Waals surface area (Å²) in [6, 6.07) is 14.1. The minimum absolute atomic E-state index is 0.250. The number of benzene rings is 2. The molecule has 3 aromatic rings. The van der Waals surface area contributed by atoms with Gasteiger partial charge in [-0.1, -0.05) is 15.9 Å². The van der Waals surface area contributed by atoms with Crippen molar-refractivity contribution in [3.05, 3.63) is 64.7 Å². The summed E-state index contributed by atoms with van der Waals surface area (Å²) >= 11 is 3.40. The first-order chi connectivity index (χ1) is 11.2. The van der Waals surface area contributed by atoms with Crippen LogP contribution in [-0.2, 0) is 6.54 Å². The summed E-state index contributed by atoms with van der Waals surface area (Å²) in [5, 5.41) is 8.19. The van der Waals surface area contributed by atoms with Gasteiger partial charge in [-0.05, 0) is 55.5 Å². The molecule has 1 heterocycles. The standard InChI is InChI=1S/C17H15BrFN3O/c1-2-22(15-9-7-14(19)8-10-15)11-16-20-21-17(23-16)12-3-5-13(18)6-4-12/h3-10H,2,11H2,1H3. The summed E-state index contributed by atoms with van der Waals surface area (Å²) in [4.78, 5) is 2.04. The summed E-state index contributed by atoms with van der Waals surface area (Å²) in [6.07, 6.45) is 0. The Kier molecular flexibility index (Phi) is 4.71. The van der Waals surface area contributed by atoms with Crippen molar-refractivity contribution in [1.29, 1.82) is 0 Å². The molecule has 0 fully saturated rings. The van der Waals surface area contributed by atoms with E-state index in [-0.39, 0.29) is 5.82 Å². The lowest BCUT2D eigenvalue weighted by molar-refractivity contribution is 0.499. The zero-order chi connectivity index (χ0) is 16.2. The van der Waals surface area contributed by atoms with Gasteiger partial charge in [-0.3, -0.25) is 0 Å². The highest BCUT2D eigenvalue weighted by atomic mass is 79.9. The van der Waals surface area contributed by atoms with Crippen molar-refractivity contribution in [2.45, 2.75) is 13.5 Å². The molecule has 0 atom stereocenters. The maximum absolute atomic E-state index is 13.0. The Morgan fingerprint density at radius 3 is 2.39 bits per heavy atom. The number of anilines is 1. The van der Waals surface area contributed by atoms with Gasteiger partial charge < -0.3 is 9.32 Å². The van der Waals surface area contributed by atoms with Gasteiger partial charge in [0.15, 0.2) is 0 Å². The molecular weight excluding hydrogens is 361 g/mol. The van der Waals surface area contributed by atoms with Crippen molar-refractivity contribution in [2.75, 3.05) is 11.4 Å². The van der Waals surface area contributed by atoms with E-state index in [9.17, 15) is 4.39 Å². The molecule has 0 bridgehead atoms. The fourth-order valence-electron chi connectivity index (χ4n) is 2.23. The second kappa shape index (κ2) is 6.91. The fraction of sp³-hybridized carbons (Fsp3) is 0.176. The number of rotatable bonds is 5. The molecule has 0 amide bonds. The second-order valence-corrected chi connectivity index (χ2v) is 5.91. The molecule has 0 radical (unpaired) electrons. The normalized spacial score (nSPS) is 10.7. The molecule has 2 aromatic carbocycles. The highest BCUT2D eigenvalue weighted by molar-refractivity contribution is 9.10. The third-order valence-electron chi connectivity index (χ3n) is 3.46. The van der Waals surface area contributed by atoms with Gasteiger partial charge in [-0.2, -0.15) is 0 Å². The van der Waals surface area contributed by atoms with E-state index in [1.807, 2.05) is 36.1 Å². The summed E-state index contributed by atoms with van der Waals surface area (Å²) in [6.45, 7) is 3.25. The zero-order valence-corrected chi connectivity index (χ0v) is 14.1. The van der Waals surface area contributed by atoms with Crippen molar-refractivity contribution in [1.82, 2.24) is 10.2 Å². The molecule has 0 spiro atoms. The lowest BCUT2D eigenvalue weighted by Crippen LogP contribution is -2.22. The molecule has 0 saturated carbocycles. The maximum Gasteiger partial charge on any atom is 0.247 e. The van der Waals surface area contributed by atoms with Gasteiger partial charge in [-0.25, -0.2) is 4.39 Å². The molecule has 6 heteroatoms. The van der Waals surface area contributed by atoms with E-state index < -0.39 is 0 Å². The van der Waals surface area contributed by atoms with Crippen LogP contribution in [0.4, 0.5) is 10.1 Å². The van der Waals surface area contributed by atoms with Gasteiger partial charge in [0, 0.05) is 22.3 Å². The van der Waals surface area contributed by atoms with E-state index in [0.29, 0.717) is 18.3 Å². The highest BCUT2D eigenvalue weighted by Gasteiger charge is 2.12. The van der Waals surface area contributed by atoms with Crippen LogP contribution in [0.3, 0.4) is 0 Å². The van der Waals surface area contributed by atoms with Gasteiger partial charge >= 0.3 is 0 Å². The van der Waals surface area contributed by atoms with Crippen LogP contribution in [0.25, 0.3) is 11.5 Å². The molecule has 4 nitrogen and oxygen atoms in total. The molecule has 0 aliphatic rings. The second-order valence-electron chi connectivity index (χ2n) is 5.00. The van der Waals surface area contributed by atoms with Crippen LogP contribution < -0.4 is 4.90 Å². The van der Waals surface area contributed by atoms with Crippen molar-refractivity contribution >= 4 is 21.6 Å². The highest BCUT2D eigenvalue weighted by Crippen LogP contribution is 2.22. The summed E-state index contributed by atoms with van der Waals surface area (Å²) in [7, 11) is 0. The Morgan fingerprint density at radius 2 is 1.74 bits per heavy atom. The third kappa shape index (κ3) is 3.76. The first-order valence-corrected chi connectivity index (χ1v) is 8.04. The van der Waals surface area contributed by atoms with E-state index in [1.165, 1.54) is 12.1 Å². The van der Waals surface area contributed by atoms with E-state index in [2.05, 4.69) is 26.1 Å². The van der Waals surface area contributed by atoms with Crippen LogP contribution >= 0.6 is 15.9 Å². The summed E-state index contributed by atoms with van der Waals surface area (Å²) < 4.78 is 19.8. The lowest BCUT2D eigenvalue weighted by Gasteiger charge is -2.20. The summed E-state index contributed by atoms with van der Waals surface area (Å²) in [5.74, 6) is 0.761. The van der Waals surface area contributed by atoms with E-state index in [0.717, 1.165) is 22.3 Å². The minimum Gasteiger partial charge on any atom is -0.419 e. The first kappa shape index (κ1) is 15.7. The SMILES string of the molecule is CCN(Cc1nnc(-c2ccc(Br)cc2)o1)c1ccc(F)cc1.